The van der Waals surface area contributed by atoms with Gasteiger partial charge in [-0.15, -0.1) is 5.10 Å². The number of carbonyl (C=O) groups excluding carboxylic acids is 2. The van der Waals surface area contributed by atoms with Gasteiger partial charge in [0, 0.05) is 31.3 Å². The highest BCUT2D eigenvalue weighted by molar-refractivity contribution is 5.90. The second-order valence-corrected chi connectivity index (χ2v) is 11.2. The van der Waals surface area contributed by atoms with Gasteiger partial charge in [0.15, 0.2) is 0 Å². The molecule has 1 aliphatic heterocycles. The van der Waals surface area contributed by atoms with Gasteiger partial charge in [-0.1, -0.05) is 26.0 Å². The van der Waals surface area contributed by atoms with E-state index < -0.39 is 23.6 Å². The Hall–Kier alpha value is -3.73. The van der Waals surface area contributed by atoms with Crippen molar-refractivity contribution in [3.63, 3.8) is 0 Å². The van der Waals surface area contributed by atoms with Crippen LogP contribution in [0, 0.1) is 5.41 Å². The van der Waals surface area contributed by atoms with Gasteiger partial charge < -0.3 is 20.1 Å². The van der Waals surface area contributed by atoms with Crippen LogP contribution in [0.1, 0.15) is 63.4 Å². The van der Waals surface area contributed by atoms with Crippen molar-refractivity contribution in [2.24, 2.45) is 5.41 Å². The van der Waals surface area contributed by atoms with Crippen LogP contribution in [0.25, 0.3) is 5.69 Å². The van der Waals surface area contributed by atoms with Crippen LogP contribution >= 0.6 is 0 Å². The predicted octanol–water partition coefficient (Wildman–Crippen LogP) is 2.22. The van der Waals surface area contributed by atoms with Gasteiger partial charge in [-0.2, -0.15) is 5.10 Å². The van der Waals surface area contributed by atoms with E-state index in [0.29, 0.717) is 11.6 Å². The number of carbonyl (C=O) groups is 2. The minimum atomic E-state index is -0.780. The first-order valence-corrected chi connectivity index (χ1v) is 13.0. The zero-order valence-electron chi connectivity index (χ0n) is 22.2. The zero-order valence-corrected chi connectivity index (χ0v) is 22.2. The highest BCUT2D eigenvalue weighted by atomic mass is 16.5. The molecule has 202 valence electrons. The highest BCUT2D eigenvalue weighted by Gasteiger charge is 2.45. The standard InChI is InChI=1S/C27H35N7O4/c1-27(2,3)24(34-16-22(29-31-34)17-5-6-17)26(37)32-15-20(35)13-23(32)25(36)28-14-18-11-12-33(30-18)19-7-9-21(38-4)10-8-19/h7-12,16-17,20,23-24,35H,5-6,13-15H2,1-4H3,(H,28,36)/t20?,23?,24-/m1/s1. The summed E-state index contributed by atoms with van der Waals surface area (Å²) >= 11 is 0. The molecule has 0 bridgehead atoms. The summed E-state index contributed by atoms with van der Waals surface area (Å²) in [4.78, 5) is 28.6. The normalized spacial score (nSPS) is 20.4. The maximum absolute atomic E-state index is 13.8. The van der Waals surface area contributed by atoms with E-state index in [0.717, 1.165) is 30.0 Å². The first-order valence-electron chi connectivity index (χ1n) is 13.0. The lowest BCUT2D eigenvalue weighted by molar-refractivity contribution is -0.144. The third-order valence-electron chi connectivity index (χ3n) is 7.13. The van der Waals surface area contributed by atoms with Crippen LogP contribution in [0.2, 0.25) is 0 Å². The van der Waals surface area contributed by atoms with Crippen molar-refractivity contribution in [2.45, 2.75) is 70.7 Å². The summed E-state index contributed by atoms with van der Waals surface area (Å²) in [5, 5.41) is 26.4. The largest absolute Gasteiger partial charge is 0.497 e. The molecule has 0 radical (unpaired) electrons. The van der Waals surface area contributed by atoms with Gasteiger partial charge in [0.1, 0.15) is 17.8 Å². The predicted molar refractivity (Wildman–Crippen MR) is 139 cm³/mol. The average molecular weight is 522 g/mol. The quantitative estimate of drug-likeness (QED) is 0.465. The van der Waals surface area contributed by atoms with E-state index >= 15 is 0 Å². The van der Waals surface area contributed by atoms with Gasteiger partial charge in [0.2, 0.25) is 11.8 Å². The van der Waals surface area contributed by atoms with E-state index in [1.54, 1.807) is 16.5 Å². The molecule has 2 N–H and O–H groups in total. The number of β-amino-alcohol motifs (C(OH)–C–C–N with tert-alkyl or cyclic N) is 1. The van der Waals surface area contributed by atoms with Gasteiger partial charge in [0.05, 0.1) is 36.8 Å². The molecule has 11 nitrogen and oxygen atoms in total. The number of hydrogen-bond donors (Lipinski definition) is 2. The number of aliphatic hydroxyl groups excluding tert-OH is 1. The lowest BCUT2D eigenvalue weighted by Crippen LogP contribution is -2.50. The fraction of sp³-hybridized carbons (Fsp3) is 0.519. The Morgan fingerprint density at radius 2 is 1.92 bits per heavy atom. The lowest BCUT2D eigenvalue weighted by Gasteiger charge is -2.34. The van der Waals surface area contributed by atoms with Crippen molar-refractivity contribution in [1.82, 2.24) is 35.0 Å². The molecule has 2 aliphatic rings. The minimum absolute atomic E-state index is 0.0970. The van der Waals surface area contributed by atoms with E-state index in [9.17, 15) is 14.7 Å². The molecule has 3 atom stereocenters. The molecule has 3 heterocycles. The van der Waals surface area contributed by atoms with Crippen LogP contribution in [0.5, 0.6) is 5.75 Å². The van der Waals surface area contributed by atoms with E-state index in [4.69, 9.17) is 4.74 Å². The number of benzene rings is 1. The molecular formula is C27H35N7O4. The molecule has 2 unspecified atom stereocenters. The number of nitrogens with zero attached hydrogens (tertiary/aromatic N) is 6. The summed E-state index contributed by atoms with van der Waals surface area (Å²) in [6.45, 7) is 6.20. The van der Waals surface area contributed by atoms with Crippen molar-refractivity contribution >= 4 is 11.8 Å². The molecule has 1 aromatic carbocycles. The topological polar surface area (TPSA) is 127 Å². The number of nitrogens with one attached hydrogen (secondary N) is 1. The van der Waals surface area contributed by atoms with Gasteiger partial charge in [-0.3, -0.25) is 9.59 Å². The Morgan fingerprint density at radius 1 is 1.18 bits per heavy atom. The van der Waals surface area contributed by atoms with Gasteiger partial charge in [-0.05, 0) is 48.6 Å². The summed E-state index contributed by atoms with van der Waals surface area (Å²) in [6, 6.07) is 7.89. The fourth-order valence-electron chi connectivity index (χ4n) is 4.96. The molecular weight excluding hydrogens is 486 g/mol. The molecule has 1 saturated carbocycles. The van der Waals surface area contributed by atoms with Gasteiger partial charge in [-0.25, -0.2) is 9.36 Å². The van der Waals surface area contributed by atoms with Crippen molar-refractivity contribution in [2.75, 3.05) is 13.7 Å². The molecule has 1 aliphatic carbocycles. The Labute approximate surface area is 221 Å². The van der Waals surface area contributed by atoms with Crippen LogP contribution in [0.4, 0.5) is 0 Å². The summed E-state index contributed by atoms with van der Waals surface area (Å²) in [5.41, 5.74) is 1.96. The number of hydrogen-bond acceptors (Lipinski definition) is 7. The maximum atomic E-state index is 13.8. The Balaban J connectivity index is 1.27. The third-order valence-corrected chi connectivity index (χ3v) is 7.13. The Morgan fingerprint density at radius 3 is 2.58 bits per heavy atom. The van der Waals surface area contributed by atoms with Crippen LogP contribution < -0.4 is 10.1 Å². The highest BCUT2D eigenvalue weighted by Crippen LogP contribution is 2.40. The van der Waals surface area contributed by atoms with Gasteiger partial charge in [0.25, 0.3) is 0 Å². The van der Waals surface area contributed by atoms with Crippen LogP contribution in [-0.4, -0.2) is 72.4 Å². The first kappa shape index (κ1) is 25.9. The SMILES string of the molecule is COc1ccc(-n2ccc(CNC(=O)C3CC(O)CN3C(=O)[C@@H](n3cc(C4CC4)nn3)C(C)(C)C)n2)cc1. The zero-order chi connectivity index (χ0) is 27.0. The summed E-state index contributed by atoms with van der Waals surface area (Å²) in [6.07, 6.45) is 5.26. The number of ether oxygens (including phenoxy) is 1. The number of methoxy groups -OCH3 is 1. The third kappa shape index (κ3) is 5.42. The molecule has 5 rings (SSSR count). The second kappa shape index (κ2) is 10.2. The molecule has 2 aromatic heterocycles. The first-order chi connectivity index (χ1) is 18.1. The Bertz CT molecular complexity index is 1290. The monoisotopic (exact) mass is 521 g/mol. The van der Waals surface area contributed by atoms with E-state index in [2.05, 4.69) is 20.7 Å². The molecule has 1 saturated heterocycles. The van der Waals surface area contributed by atoms with E-state index in [1.165, 1.54) is 4.90 Å². The number of amides is 2. The van der Waals surface area contributed by atoms with E-state index in [-0.39, 0.29) is 31.3 Å². The second-order valence-electron chi connectivity index (χ2n) is 11.2. The van der Waals surface area contributed by atoms with Crippen LogP contribution in [0.15, 0.2) is 42.7 Å². The van der Waals surface area contributed by atoms with E-state index in [1.807, 2.05) is 63.5 Å². The number of aromatic nitrogens is 5. The summed E-state index contributed by atoms with van der Waals surface area (Å²) in [5.74, 6) is 0.607. The summed E-state index contributed by atoms with van der Waals surface area (Å²) in [7, 11) is 1.62. The molecule has 2 amide bonds. The smallest absolute Gasteiger partial charge is 0.248 e. The summed E-state index contributed by atoms with van der Waals surface area (Å²) < 4.78 is 8.54. The number of rotatable bonds is 8. The molecule has 11 heteroatoms. The fourth-order valence-corrected chi connectivity index (χ4v) is 4.96. The number of aliphatic hydroxyl groups is 1. The lowest BCUT2D eigenvalue weighted by atomic mass is 9.85. The molecule has 3 aromatic rings. The molecule has 2 fully saturated rings. The maximum Gasteiger partial charge on any atom is 0.248 e. The van der Waals surface area contributed by atoms with Crippen molar-refractivity contribution in [1.29, 1.82) is 0 Å². The van der Waals surface area contributed by atoms with Crippen LogP contribution in [-0.2, 0) is 16.1 Å². The van der Waals surface area contributed by atoms with Crippen molar-refractivity contribution < 1.29 is 19.4 Å². The van der Waals surface area contributed by atoms with Gasteiger partial charge >= 0.3 is 0 Å². The Kier molecular flexibility index (Phi) is 6.95. The van der Waals surface area contributed by atoms with Crippen molar-refractivity contribution in [3.8, 4) is 11.4 Å². The molecule has 0 spiro atoms. The van der Waals surface area contributed by atoms with Crippen LogP contribution in [0.3, 0.4) is 0 Å². The van der Waals surface area contributed by atoms with Crippen molar-refractivity contribution in [3.05, 3.63) is 54.1 Å². The molecule has 38 heavy (non-hydrogen) atoms. The minimum Gasteiger partial charge on any atom is -0.497 e. The average Bonchev–Trinajstić information content (AvgIpc) is 3.26. The number of likely N-dealkylation sites (tertiary alicyclic amines) is 1.